The molecule has 2 rings (SSSR count). The van der Waals surface area contributed by atoms with Crippen LogP contribution in [-0.2, 0) is 0 Å². The number of aromatic nitrogens is 2. The third kappa shape index (κ3) is 2.43. The van der Waals surface area contributed by atoms with Crippen molar-refractivity contribution < 1.29 is 4.74 Å². The maximum absolute atomic E-state index is 5.65. The molecule has 2 aromatic rings. The van der Waals surface area contributed by atoms with E-state index in [0.717, 1.165) is 28.4 Å². The Morgan fingerprint density at radius 3 is 2.72 bits per heavy atom. The van der Waals surface area contributed by atoms with E-state index in [1.807, 2.05) is 45.0 Å². The van der Waals surface area contributed by atoms with Gasteiger partial charge in [0.1, 0.15) is 16.2 Å². The molecule has 0 saturated carbocycles. The van der Waals surface area contributed by atoms with Gasteiger partial charge in [-0.05, 0) is 32.9 Å². The van der Waals surface area contributed by atoms with Gasteiger partial charge >= 0.3 is 0 Å². The number of nitrogens with zero attached hydrogens (tertiary/aromatic N) is 1. The number of nitrogens with one attached hydrogen (secondary N) is 1. The highest BCUT2D eigenvalue weighted by Gasteiger charge is 2.10. The molecule has 0 aliphatic heterocycles. The molecule has 18 heavy (non-hydrogen) atoms. The molecule has 0 aliphatic rings. The maximum Gasteiger partial charge on any atom is 0.133 e. The number of hydrogen-bond acceptors (Lipinski definition) is 3. The van der Waals surface area contributed by atoms with E-state index in [9.17, 15) is 0 Å². The first-order chi connectivity index (χ1) is 8.63. The Morgan fingerprint density at radius 2 is 2.00 bits per heavy atom. The van der Waals surface area contributed by atoms with Crippen molar-refractivity contribution in [3.05, 3.63) is 40.3 Å². The molecule has 0 spiro atoms. The van der Waals surface area contributed by atoms with Crippen LogP contribution in [0.2, 0.25) is 0 Å². The number of aryl methyl sites for hydroxylation is 1. The van der Waals surface area contributed by atoms with Gasteiger partial charge < -0.3 is 9.72 Å². The number of benzene rings is 1. The molecule has 0 aliphatic carbocycles. The Kier molecular flexibility index (Phi) is 3.77. The molecule has 0 radical (unpaired) electrons. The molecule has 0 bridgehead atoms. The second kappa shape index (κ2) is 5.31. The van der Waals surface area contributed by atoms with E-state index in [-0.39, 0.29) is 0 Å². The van der Waals surface area contributed by atoms with Crippen LogP contribution >= 0.6 is 12.2 Å². The first-order valence-corrected chi connectivity index (χ1v) is 6.34. The third-order valence-electron chi connectivity index (χ3n) is 2.73. The largest absolute Gasteiger partial charge is 0.493 e. The van der Waals surface area contributed by atoms with Crippen LogP contribution < -0.4 is 4.74 Å². The minimum atomic E-state index is 0.632. The van der Waals surface area contributed by atoms with Crippen molar-refractivity contribution in [1.29, 1.82) is 0 Å². The number of H-pyrrole nitrogens is 1. The standard InChI is InChI=1S/C14H16N2OS/c1-4-17-12-8-6-5-7-11(12)13-9(2)14(18)16-10(3)15-13/h5-8H,4H2,1-3H3,(H,15,16,18). The van der Waals surface area contributed by atoms with Gasteiger partial charge in [0, 0.05) is 11.1 Å². The van der Waals surface area contributed by atoms with E-state index >= 15 is 0 Å². The summed E-state index contributed by atoms with van der Waals surface area (Å²) in [4.78, 5) is 7.53. The Balaban J connectivity index is 2.65. The molecule has 4 heteroatoms. The normalized spacial score (nSPS) is 10.4. The summed E-state index contributed by atoms with van der Waals surface area (Å²) in [6, 6.07) is 7.94. The molecule has 94 valence electrons. The van der Waals surface area contributed by atoms with Crippen molar-refractivity contribution in [2.75, 3.05) is 6.61 Å². The minimum absolute atomic E-state index is 0.632. The summed E-state index contributed by atoms with van der Waals surface area (Å²) < 4.78 is 6.28. The minimum Gasteiger partial charge on any atom is -0.493 e. The quantitative estimate of drug-likeness (QED) is 0.852. The van der Waals surface area contributed by atoms with E-state index in [2.05, 4.69) is 9.97 Å². The Morgan fingerprint density at radius 1 is 1.28 bits per heavy atom. The van der Waals surface area contributed by atoms with E-state index in [0.29, 0.717) is 11.2 Å². The maximum atomic E-state index is 5.65. The summed E-state index contributed by atoms with van der Waals surface area (Å²) >= 11 is 5.26. The van der Waals surface area contributed by atoms with Gasteiger partial charge in [-0.15, -0.1) is 0 Å². The summed E-state index contributed by atoms with van der Waals surface area (Å²) in [6.45, 7) is 6.50. The predicted molar refractivity (Wildman–Crippen MR) is 75.5 cm³/mol. The first-order valence-electron chi connectivity index (χ1n) is 5.93. The van der Waals surface area contributed by atoms with E-state index < -0.39 is 0 Å². The molecule has 1 N–H and O–H groups in total. The average Bonchev–Trinajstić information content (AvgIpc) is 2.35. The second-order valence-electron chi connectivity index (χ2n) is 4.06. The topological polar surface area (TPSA) is 37.9 Å². The molecule has 1 aromatic heterocycles. The average molecular weight is 260 g/mol. The molecule has 0 unspecified atom stereocenters. The Labute approximate surface area is 112 Å². The summed E-state index contributed by atoms with van der Waals surface area (Å²) in [5, 5.41) is 0. The zero-order chi connectivity index (χ0) is 13.1. The lowest BCUT2D eigenvalue weighted by Crippen LogP contribution is -1.99. The van der Waals surface area contributed by atoms with Gasteiger partial charge in [0.2, 0.25) is 0 Å². The fourth-order valence-electron chi connectivity index (χ4n) is 1.87. The monoisotopic (exact) mass is 260 g/mol. The second-order valence-corrected chi connectivity index (χ2v) is 4.44. The third-order valence-corrected chi connectivity index (χ3v) is 3.12. The lowest BCUT2D eigenvalue weighted by atomic mass is 10.1. The Hall–Kier alpha value is -1.68. The van der Waals surface area contributed by atoms with Crippen LogP contribution in [-0.4, -0.2) is 16.6 Å². The first kappa shape index (κ1) is 12.8. The summed E-state index contributed by atoms with van der Waals surface area (Å²) in [7, 11) is 0. The summed E-state index contributed by atoms with van der Waals surface area (Å²) in [5.74, 6) is 1.67. The Bertz CT molecular complexity index is 619. The van der Waals surface area contributed by atoms with Crippen LogP contribution in [0.1, 0.15) is 18.3 Å². The van der Waals surface area contributed by atoms with Gasteiger partial charge in [0.15, 0.2) is 0 Å². The number of rotatable bonds is 3. The van der Waals surface area contributed by atoms with Crippen LogP contribution in [0.15, 0.2) is 24.3 Å². The molecule has 0 amide bonds. The highest BCUT2D eigenvalue weighted by molar-refractivity contribution is 7.71. The van der Waals surface area contributed by atoms with Crippen LogP contribution in [0.4, 0.5) is 0 Å². The van der Waals surface area contributed by atoms with Crippen LogP contribution in [0, 0.1) is 18.5 Å². The number of aromatic amines is 1. The van der Waals surface area contributed by atoms with Gasteiger partial charge in [0.05, 0.1) is 12.3 Å². The van der Waals surface area contributed by atoms with E-state index in [1.165, 1.54) is 0 Å². The summed E-state index contributed by atoms with van der Waals surface area (Å²) in [6.07, 6.45) is 0. The zero-order valence-electron chi connectivity index (χ0n) is 10.8. The molecule has 0 fully saturated rings. The fourth-order valence-corrected chi connectivity index (χ4v) is 2.11. The van der Waals surface area contributed by atoms with Gasteiger partial charge in [-0.3, -0.25) is 0 Å². The van der Waals surface area contributed by atoms with Crippen LogP contribution in [0.5, 0.6) is 5.75 Å². The van der Waals surface area contributed by atoms with Crippen molar-refractivity contribution >= 4 is 12.2 Å². The molecule has 3 nitrogen and oxygen atoms in total. The van der Waals surface area contributed by atoms with Gasteiger partial charge in [0.25, 0.3) is 0 Å². The van der Waals surface area contributed by atoms with Crippen molar-refractivity contribution in [2.24, 2.45) is 0 Å². The van der Waals surface area contributed by atoms with Crippen molar-refractivity contribution in [1.82, 2.24) is 9.97 Å². The lowest BCUT2D eigenvalue weighted by Gasteiger charge is -2.12. The van der Waals surface area contributed by atoms with Crippen LogP contribution in [0.3, 0.4) is 0 Å². The number of hydrogen-bond donors (Lipinski definition) is 1. The number of ether oxygens (including phenoxy) is 1. The SMILES string of the molecule is CCOc1ccccc1-c1[nH]c(C)nc(=S)c1C. The highest BCUT2D eigenvalue weighted by atomic mass is 32.1. The molecule has 1 heterocycles. The number of para-hydroxylation sites is 1. The van der Waals surface area contributed by atoms with Gasteiger partial charge in [-0.1, -0.05) is 24.4 Å². The molecular weight excluding hydrogens is 244 g/mol. The molecular formula is C14H16N2OS. The van der Waals surface area contributed by atoms with Crippen molar-refractivity contribution in [3.8, 4) is 17.0 Å². The lowest BCUT2D eigenvalue weighted by molar-refractivity contribution is 0.341. The highest BCUT2D eigenvalue weighted by Crippen LogP contribution is 2.30. The summed E-state index contributed by atoms with van der Waals surface area (Å²) in [5.41, 5.74) is 2.98. The van der Waals surface area contributed by atoms with Gasteiger partial charge in [-0.25, -0.2) is 4.98 Å². The fraction of sp³-hybridized carbons (Fsp3) is 0.286. The van der Waals surface area contributed by atoms with E-state index in [1.54, 1.807) is 0 Å². The smallest absolute Gasteiger partial charge is 0.133 e. The zero-order valence-corrected chi connectivity index (χ0v) is 11.6. The molecule has 1 aromatic carbocycles. The molecule has 0 atom stereocenters. The van der Waals surface area contributed by atoms with Crippen LogP contribution in [0.25, 0.3) is 11.3 Å². The van der Waals surface area contributed by atoms with Gasteiger partial charge in [-0.2, -0.15) is 0 Å². The molecule has 0 saturated heterocycles. The van der Waals surface area contributed by atoms with Crippen molar-refractivity contribution in [2.45, 2.75) is 20.8 Å². The predicted octanol–water partition coefficient (Wildman–Crippen LogP) is 3.82. The van der Waals surface area contributed by atoms with Crippen molar-refractivity contribution in [3.63, 3.8) is 0 Å². The van der Waals surface area contributed by atoms with E-state index in [4.69, 9.17) is 17.0 Å².